The first kappa shape index (κ1) is 20.3. The molecule has 0 radical (unpaired) electrons. The van der Waals surface area contributed by atoms with Gasteiger partial charge in [0.05, 0.1) is 6.42 Å². The number of carbonyl (C=O) groups is 1. The summed E-state index contributed by atoms with van der Waals surface area (Å²) in [5, 5.41) is 0. The number of aryl methyl sites for hydroxylation is 1. The minimum Gasteiger partial charge on any atom is -0.456 e. The number of benzene rings is 1. The van der Waals surface area contributed by atoms with Gasteiger partial charge in [-0.2, -0.15) is 0 Å². The number of hydrogen-bond acceptors (Lipinski definition) is 4. The average molecular weight is 375 g/mol. The van der Waals surface area contributed by atoms with Crippen molar-refractivity contribution in [1.29, 1.82) is 0 Å². The van der Waals surface area contributed by atoms with Gasteiger partial charge in [-0.3, -0.25) is 4.79 Å². The molecule has 0 bridgehead atoms. The predicted octanol–water partition coefficient (Wildman–Crippen LogP) is 5.39. The number of rotatable bonds is 9. The Kier molecular flexibility index (Phi) is 6.59. The Hall–Kier alpha value is -1.39. The van der Waals surface area contributed by atoms with Crippen LogP contribution in [-0.4, -0.2) is 23.3 Å². The van der Waals surface area contributed by atoms with Gasteiger partial charge in [0.15, 0.2) is 0 Å². The third-order valence-electron chi connectivity index (χ3n) is 6.01. The highest BCUT2D eigenvalue weighted by molar-refractivity contribution is 5.73. The molecule has 27 heavy (non-hydrogen) atoms. The molecule has 4 heteroatoms. The molecule has 3 rings (SSSR count). The maximum absolute atomic E-state index is 11.6. The molecular weight excluding hydrogens is 340 g/mol. The van der Waals surface area contributed by atoms with Crippen LogP contribution in [0.5, 0.6) is 0 Å². The van der Waals surface area contributed by atoms with Crippen molar-refractivity contribution < 1.29 is 19.3 Å². The van der Waals surface area contributed by atoms with Gasteiger partial charge in [0.2, 0.25) is 0 Å². The molecule has 2 fully saturated rings. The molecular formula is C23H34O4. The number of ether oxygens (including phenoxy) is 1. The van der Waals surface area contributed by atoms with Crippen molar-refractivity contribution in [2.24, 2.45) is 5.92 Å². The predicted molar refractivity (Wildman–Crippen MR) is 105 cm³/mol. The summed E-state index contributed by atoms with van der Waals surface area (Å²) in [5.41, 5.74) is 0.511. The first-order chi connectivity index (χ1) is 12.9. The maximum Gasteiger partial charge on any atom is 0.309 e. The van der Waals surface area contributed by atoms with Crippen molar-refractivity contribution in [3.8, 4) is 0 Å². The van der Waals surface area contributed by atoms with Crippen LogP contribution in [0.15, 0.2) is 30.3 Å². The fourth-order valence-electron chi connectivity index (χ4n) is 4.73. The highest BCUT2D eigenvalue weighted by atomic mass is 17.2. The molecule has 4 atom stereocenters. The number of carbonyl (C=O) groups excluding carboxylic acids is 1. The van der Waals surface area contributed by atoms with Crippen molar-refractivity contribution in [2.45, 2.75) is 95.9 Å². The number of hydrogen-bond donors (Lipinski definition) is 0. The molecule has 2 aliphatic heterocycles. The molecule has 0 aromatic heterocycles. The second kappa shape index (κ2) is 8.74. The normalized spacial score (nSPS) is 31.4. The molecule has 2 saturated heterocycles. The van der Waals surface area contributed by atoms with Gasteiger partial charge >= 0.3 is 5.97 Å². The van der Waals surface area contributed by atoms with Gasteiger partial charge in [0, 0.05) is 6.42 Å². The van der Waals surface area contributed by atoms with Crippen LogP contribution in [0.1, 0.15) is 77.7 Å². The summed E-state index contributed by atoms with van der Waals surface area (Å²) >= 11 is 0. The Morgan fingerprint density at radius 2 is 1.85 bits per heavy atom. The number of esters is 1. The van der Waals surface area contributed by atoms with Crippen molar-refractivity contribution in [1.82, 2.24) is 0 Å². The fourth-order valence-corrected chi connectivity index (χ4v) is 4.73. The molecule has 1 unspecified atom stereocenters. The van der Waals surface area contributed by atoms with Crippen LogP contribution in [0.25, 0.3) is 0 Å². The Bertz CT molecular complexity index is 616. The van der Waals surface area contributed by atoms with Crippen molar-refractivity contribution >= 4 is 5.97 Å². The molecule has 4 nitrogen and oxygen atoms in total. The Labute approximate surface area is 163 Å². The van der Waals surface area contributed by atoms with E-state index in [4.69, 9.17) is 14.5 Å². The first-order valence-corrected chi connectivity index (χ1v) is 10.5. The second-order valence-electron chi connectivity index (χ2n) is 9.03. The van der Waals surface area contributed by atoms with Gasteiger partial charge in [0.25, 0.3) is 0 Å². The van der Waals surface area contributed by atoms with E-state index >= 15 is 0 Å². The third kappa shape index (κ3) is 5.55. The standard InChI is InChI=1S/C23H34O4/c1-18(11-7-4-5-8-12-19-13-9-6-10-14-19)16-22(2)17-23(3)20(26-27-22)15-21(24)25-23/h6,9-10,13-14,18,20H,4-5,7-8,11-12,15-17H2,1-3H3/t18?,20-,22+,23-/m0/s1. The number of fused-ring (bicyclic) bond motifs is 1. The van der Waals surface area contributed by atoms with Crippen molar-refractivity contribution in [2.75, 3.05) is 0 Å². The van der Waals surface area contributed by atoms with Crippen LogP contribution < -0.4 is 0 Å². The summed E-state index contributed by atoms with van der Waals surface area (Å²) in [7, 11) is 0. The Balaban J connectivity index is 1.33. The van der Waals surface area contributed by atoms with Gasteiger partial charge < -0.3 is 4.74 Å². The average Bonchev–Trinajstić information content (AvgIpc) is 2.91. The summed E-state index contributed by atoms with van der Waals surface area (Å²) in [6.07, 6.45) is 9.12. The van der Waals surface area contributed by atoms with Crippen molar-refractivity contribution in [3.05, 3.63) is 35.9 Å². The zero-order chi connectivity index (χ0) is 19.3. The highest BCUT2D eigenvalue weighted by Gasteiger charge is 2.55. The largest absolute Gasteiger partial charge is 0.456 e. The summed E-state index contributed by atoms with van der Waals surface area (Å²) in [5.74, 6) is 0.379. The maximum atomic E-state index is 11.6. The van der Waals surface area contributed by atoms with Gasteiger partial charge in [-0.15, -0.1) is 0 Å². The van der Waals surface area contributed by atoms with E-state index in [2.05, 4.69) is 44.2 Å². The third-order valence-corrected chi connectivity index (χ3v) is 6.01. The second-order valence-corrected chi connectivity index (χ2v) is 9.03. The van der Waals surface area contributed by atoms with Crippen molar-refractivity contribution in [3.63, 3.8) is 0 Å². The quantitative estimate of drug-likeness (QED) is 0.330. The lowest BCUT2D eigenvalue weighted by Crippen LogP contribution is -2.52. The van der Waals surface area contributed by atoms with Gasteiger partial charge in [-0.25, -0.2) is 9.78 Å². The van der Waals surface area contributed by atoms with Crippen LogP contribution in [-0.2, 0) is 25.7 Å². The minimum absolute atomic E-state index is 0.182. The molecule has 1 aromatic carbocycles. The van der Waals surface area contributed by atoms with Crippen LogP contribution in [0.4, 0.5) is 0 Å². The van der Waals surface area contributed by atoms with Crippen LogP contribution in [0, 0.1) is 5.92 Å². The highest BCUT2D eigenvalue weighted by Crippen LogP contribution is 2.44. The van der Waals surface area contributed by atoms with E-state index in [1.54, 1.807) is 0 Å². The lowest BCUT2D eigenvalue weighted by atomic mass is 9.79. The fraction of sp³-hybridized carbons (Fsp3) is 0.696. The van der Waals surface area contributed by atoms with Gasteiger partial charge in [-0.05, 0) is 44.6 Å². The summed E-state index contributed by atoms with van der Waals surface area (Å²) < 4.78 is 5.55. The van der Waals surface area contributed by atoms with Crippen LogP contribution in [0.3, 0.4) is 0 Å². The van der Waals surface area contributed by atoms with Gasteiger partial charge in [0.1, 0.15) is 17.3 Å². The summed E-state index contributed by atoms with van der Waals surface area (Å²) in [6.45, 7) is 6.34. The zero-order valence-corrected chi connectivity index (χ0v) is 17.0. The molecule has 0 aliphatic carbocycles. The van der Waals surface area contributed by atoms with E-state index < -0.39 is 5.60 Å². The van der Waals surface area contributed by atoms with E-state index in [1.807, 2.05) is 6.92 Å². The molecule has 2 aliphatic rings. The number of unbranched alkanes of at least 4 members (excludes halogenated alkanes) is 3. The summed E-state index contributed by atoms with van der Waals surface area (Å²) in [6, 6.07) is 10.7. The van der Waals surface area contributed by atoms with Gasteiger partial charge in [-0.1, -0.05) is 62.9 Å². The smallest absolute Gasteiger partial charge is 0.309 e. The lowest BCUT2D eigenvalue weighted by molar-refractivity contribution is -0.429. The Morgan fingerprint density at radius 3 is 2.63 bits per heavy atom. The molecule has 150 valence electrons. The molecule has 0 N–H and O–H groups in total. The van der Waals surface area contributed by atoms with E-state index in [0.29, 0.717) is 18.8 Å². The molecule has 2 heterocycles. The van der Waals surface area contributed by atoms with E-state index in [1.165, 1.54) is 44.1 Å². The first-order valence-electron chi connectivity index (χ1n) is 10.5. The summed E-state index contributed by atoms with van der Waals surface area (Å²) in [4.78, 5) is 22.9. The van der Waals surface area contributed by atoms with Crippen LogP contribution >= 0.6 is 0 Å². The Morgan fingerprint density at radius 1 is 1.11 bits per heavy atom. The minimum atomic E-state index is -0.540. The molecule has 0 spiro atoms. The SMILES string of the molecule is CC(CCCCCCc1ccccc1)C[C@]1(C)C[C@]2(C)OC(=O)C[C@@H]2OO1. The monoisotopic (exact) mass is 374 g/mol. The molecule has 0 saturated carbocycles. The van der Waals surface area contributed by atoms with E-state index in [-0.39, 0.29) is 17.7 Å². The van der Waals surface area contributed by atoms with E-state index in [9.17, 15) is 4.79 Å². The molecule has 1 aromatic rings. The molecule has 0 amide bonds. The lowest BCUT2D eigenvalue weighted by Gasteiger charge is -2.44. The zero-order valence-electron chi connectivity index (χ0n) is 17.0. The van der Waals surface area contributed by atoms with Crippen LogP contribution in [0.2, 0.25) is 0 Å². The topological polar surface area (TPSA) is 44.8 Å². The van der Waals surface area contributed by atoms with E-state index in [0.717, 1.165) is 6.42 Å².